The van der Waals surface area contributed by atoms with Crippen LogP contribution in [0.4, 0.5) is 24.5 Å². The second-order valence-electron chi connectivity index (χ2n) is 5.35. The first-order chi connectivity index (χ1) is 13.0. The average Bonchev–Trinajstić information content (AvgIpc) is 2.61. The first-order valence-electron chi connectivity index (χ1n) is 7.43. The van der Waals surface area contributed by atoms with Crippen molar-refractivity contribution in [1.82, 2.24) is 0 Å². The fourth-order valence-electron chi connectivity index (χ4n) is 2.00. The van der Waals surface area contributed by atoms with Gasteiger partial charge in [-0.1, -0.05) is 6.07 Å². The molecule has 0 saturated heterocycles. The Morgan fingerprint density at radius 2 is 1.75 bits per heavy atom. The van der Waals surface area contributed by atoms with E-state index in [1.54, 1.807) is 6.07 Å². The number of halogens is 3. The highest BCUT2D eigenvalue weighted by molar-refractivity contribution is 7.85. The van der Waals surface area contributed by atoms with Crippen molar-refractivity contribution in [1.29, 1.82) is 5.26 Å². The van der Waals surface area contributed by atoms with E-state index in [0.29, 0.717) is 0 Å². The van der Waals surface area contributed by atoms with Crippen molar-refractivity contribution in [3.8, 4) is 6.07 Å². The molecular weight excluding hydrogens is 399 g/mol. The molecule has 7 nitrogen and oxygen atoms in total. The standard InChI is InChI=1S/C17H12F3N3O4S/c18-17(19,20)12-2-1-3-14(8-12)22-10-11(9-21)16(24)23-13-4-6-15(7-5-13)28(25,26)27/h1-8,10,22H,(H,23,24)(H,25,26,27)/b11-10-. The minimum absolute atomic E-state index is 0.0212. The number of nitriles is 1. The molecule has 0 spiro atoms. The van der Waals surface area contributed by atoms with Gasteiger partial charge in [0.05, 0.1) is 10.5 Å². The summed E-state index contributed by atoms with van der Waals surface area (Å²) in [6, 6.07) is 10.3. The summed E-state index contributed by atoms with van der Waals surface area (Å²) in [6.07, 6.45) is -3.59. The second-order valence-corrected chi connectivity index (χ2v) is 6.77. The van der Waals surface area contributed by atoms with Gasteiger partial charge in [0.1, 0.15) is 11.6 Å². The number of alkyl halides is 3. The van der Waals surface area contributed by atoms with Crippen LogP contribution in [0.1, 0.15) is 5.56 Å². The molecule has 11 heteroatoms. The van der Waals surface area contributed by atoms with E-state index in [0.717, 1.165) is 30.5 Å². The zero-order chi connectivity index (χ0) is 20.9. The summed E-state index contributed by atoms with van der Waals surface area (Å²) in [5, 5.41) is 13.8. The number of anilines is 2. The normalized spacial score (nSPS) is 12.2. The molecule has 2 rings (SSSR count). The van der Waals surface area contributed by atoms with Gasteiger partial charge in [-0.05, 0) is 42.5 Å². The van der Waals surface area contributed by atoms with Crippen LogP contribution in [0.5, 0.6) is 0 Å². The summed E-state index contributed by atoms with van der Waals surface area (Å²) in [5.41, 5.74) is -1.17. The van der Waals surface area contributed by atoms with Crippen LogP contribution in [0.25, 0.3) is 0 Å². The molecule has 0 heterocycles. The molecule has 0 saturated carbocycles. The van der Waals surface area contributed by atoms with Crippen LogP contribution in [0.15, 0.2) is 65.2 Å². The quantitative estimate of drug-likeness (QED) is 0.394. The van der Waals surface area contributed by atoms with Gasteiger partial charge in [0.15, 0.2) is 0 Å². The number of rotatable bonds is 5. The Bertz CT molecular complexity index is 1060. The third kappa shape index (κ3) is 5.57. The van der Waals surface area contributed by atoms with Crippen LogP contribution in [0.2, 0.25) is 0 Å². The predicted molar refractivity (Wildman–Crippen MR) is 93.6 cm³/mol. The predicted octanol–water partition coefficient (Wildman–Crippen LogP) is 3.41. The van der Waals surface area contributed by atoms with Gasteiger partial charge >= 0.3 is 6.18 Å². The Morgan fingerprint density at radius 3 is 2.29 bits per heavy atom. The molecule has 0 fully saturated rings. The van der Waals surface area contributed by atoms with E-state index in [2.05, 4.69) is 10.6 Å². The molecule has 0 aliphatic rings. The molecule has 0 aromatic heterocycles. The summed E-state index contributed by atoms with van der Waals surface area (Å²) in [4.78, 5) is 11.7. The van der Waals surface area contributed by atoms with Gasteiger partial charge in [0.25, 0.3) is 16.0 Å². The highest BCUT2D eigenvalue weighted by Crippen LogP contribution is 2.30. The first kappa shape index (κ1) is 20.9. The molecule has 0 aliphatic carbocycles. The Hall–Kier alpha value is -3.36. The maximum atomic E-state index is 12.7. The largest absolute Gasteiger partial charge is 0.416 e. The lowest BCUT2D eigenvalue weighted by molar-refractivity contribution is -0.137. The van der Waals surface area contributed by atoms with Crippen molar-refractivity contribution in [2.45, 2.75) is 11.1 Å². The van der Waals surface area contributed by atoms with E-state index >= 15 is 0 Å². The molecule has 0 bridgehead atoms. The topological polar surface area (TPSA) is 119 Å². The molecule has 0 unspecified atom stereocenters. The van der Waals surface area contributed by atoms with Crippen molar-refractivity contribution < 1.29 is 30.9 Å². The van der Waals surface area contributed by atoms with Gasteiger partial charge in [-0.15, -0.1) is 0 Å². The molecule has 0 radical (unpaired) electrons. The Labute approximate surface area is 157 Å². The first-order valence-corrected chi connectivity index (χ1v) is 8.87. The van der Waals surface area contributed by atoms with Crippen LogP contribution in [-0.4, -0.2) is 18.9 Å². The van der Waals surface area contributed by atoms with Crippen molar-refractivity contribution in [3.63, 3.8) is 0 Å². The number of nitrogens with zero attached hydrogens (tertiary/aromatic N) is 1. The third-order valence-corrected chi connectivity index (χ3v) is 4.22. The summed E-state index contributed by atoms with van der Waals surface area (Å²) in [6.45, 7) is 0. The Kier molecular flexibility index (Phi) is 6.07. The summed E-state index contributed by atoms with van der Waals surface area (Å²) >= 11 is 0. The maximum absolute atomic E-state index is 12.7. The number of carbonyl (C=O) groups excluding carboxylic acids is 1. The second kappa shape index (κ2) is 8.12. The molecular formula is C17H12F3N3O4S. The number of nitrogens with one attached hydrogen (secondary N) is 2. The molecule has 3 N–H and O–H groups in total. The molecule has 2 aromatic rings. The SMILES string of the molecule is N#C/C(=C/Nc1cccc(C(F)(F)F)c1)C(=O)Nc1ccc(S(=O)(=O)O)cc1. The fourth-order valence-corrected chi connectivity index (χ4v) is 2.48. The van der Waals surface area contributed by atoms with Gasteiger partial charge < -0.3 is 10.6 Å². The van der Waals surface area contributed by atoms with E-state index in [1.807, 2.05) is 0 Å². The van der Waals surface area contributed by atoms with Gasteiger partial charge in [0, 0.05) is 17.6 Å². The fraction of sp³-hybridized carbons (Fsp3) is 0.0588. The minimum Gasteiger partial charge on any atom is -0.360 e. The lowest BCUT2D eigenvalue weighted by Gasteiger charge is -2.09. The zero-order valence-corrected chi connectivity index (χ0v) is 14.7. The highest BCUT2D eigenvalue weighted by Gasteiger charge is 2.30. The van der Waals surface area contributed by atoms with Gasteiger partial charge in [-0.2, -0.15) is 26.9 Å². The van der Waals surface area contributed by atoms with Gasteiger partial charge in [0.2, 0.25) is 0 Å². The van der Waals surface area contributed by atoms with Crippen LogP contribution in [0, 0.1) is 11.3 Å². The summed E-state index contributed by atoms with van der Waals surface area (Å²) < 4.78 is 68.9. The van der Waals surface area contributed by atoms with Crippen LogP contribution >= 0.6 is 0 Å². The molecule has 1 amide bonds. The highest BCUT2D eigenvalue weighted by atomic mass is 32.2. The molecule has 28 heavy (non-hydrogen) atoms. The van der Waals surface area contributed by atoms with E-state index in [-0.39, 0.29) is 16.3 Å². The third-order valence-electron chi connectivity index (χ3n) is 3.35. The summed E-state index contributed by atoms with van der Waals surface area (Å²) in [7, 11) is -4.39. The van der Waals surface area contributed by atoms with Crippen molar-refractivity contribution in [3.05, 3.63) is 65.9 Å². The number of carbonyl (C=O) groups is 1. The van der Waals surface area contributed by atoms with E-state index in [4.69, 9.17) is 9.81 Å². The van der Waals surface area contributed by atoms with E-state index in [1.165, 1.54) is 24.3 Å². The maximum Gasteiger partial charge on any atom is 0.416 e. The van der Waals surface area contributed by atoms with Crippen molar-refractivity contribution >= 4 is 27.4 Å². The van der Waals surface area contributed by atoms with Gasteiger partial charge in [-0.25, -0.2) is 0 Å². The smallest absolute Gasteiger partial charge is 0.360 e. The molecule has 2 aromatic carbocycles. The van der Waals surface area contributed by atoms with Crippen LogP contribution in [0.3, 0.4) is 0 Å². The van der Waals surface area contributed by atoms with Crippen molar-refractivity contribution in [2.75, 3.05) is 10.6 Å². The lowest BCUT2D eigenvalue weighted by atomic mass is 10.2. The Balaban J connectivity index is 2.12. The van der Waals surface area contributed by atoms with Gasteiger partial charge in [-0.3, -0.25) is 9.35 Å². The number of hydrogen-bond donors (Lipinski definition) is 3. The average molecular weight is 411 g/mol. The monoisotopic (exact) mass is 411 g/mol. The molecule has 0 aliphatic heterocycles. The molecule has 146 valence electrons. The van der Waals surface area contributed by atoms with Crippen molar-refractivity contribution in [2.24, 2.45) is 0 Å². The van der Waals surface area contributed by atoms with E-state index in [9.17, 15) is 26.4 Å². The zero-order valence-electron chi connectivity index (χ0n) is 13.9. The Morgan fingerprint density at radius 1 is 1.11 bits per heavy atom. The van der Waals surface area contributed by atoms with Crippen LogP contribution < -0.4 is 10.6 Å². The number of hydrogen-bond acceptors (Lipinski definition) is 5. The summed E-state index contributed by atoms with van der Waals surface area (Å²) in [5.74, 6) is -0.874. The lowest BCUT2D eigenvalue weighted by Crippen LogP contribution is -2.14. The van der Waals surface area contributed by atoms with E-state index < -0.39 is 33.3 Å². The van der Waals surface area contributed by atoms with Crippen LogP contribution in [-0.2, 0) is 21.1 Å². The molecule has 0 atom stereocenters. The minimum atomic E-state index is -4.54. The number of benzene rings is 2. The number of amides is 1.